The maximum atomic E-state index is 13.2. The van der Waals surface area contributed by atoms with Crippen LogP contribution in [0.1, 0.15) is 39.5 Å². The monoisotopic (exact) mass is 357 g/mol. The SMILES string of the molecule is CCCCC1(CC)CN(c2ccccc2)c2ccccc2S(=O)(=O)C1. The maximum absolute atomic E-state index is 13.2. The Morgan fingerprint density at radius 2 is 1.68 bits per heavy atom. The molecule has 2 aromatic rings. The van der Waals surface area contributed by atoms with Crippen molar-refractivity contribution in [2.75, 3.05) is 17.2 Å². The van der Waals surface area contributed by atoms with Crippen LogP contribution in [0, 0.1) is 5.41 Å². The molecule has 1 heterocycles. The number of nitrogens with zero attached hydrogens (tertiary/aromatic N) is 1. The molecule has 1 aliphatic heterocycles. The first kappa shape index (κ1) is 18.0. The number of sulfone groups is 1. The predicted molar refractivity (Wildman–Crippen MR) is 104 cm³/mol. The van der Waals surface area contributed by atoms with Crippen molar-refractivity contribution in [2.24, 2.45) is 5.41 Å². The second kappa shape index (κ2) is 7.20. The van der Waals surface area contributed by atoms with Gasteiger partial charge in [0.25, 0.3) is 0 Å². The average Bonchev–Trinajstić information content (AvgIpc) is 2.74. The van der Waals surface area contributed by atoms with Crippen LogP contribution in [0.15, 0.2) is 59.5 Å². The van der Waals surface area contributed by atoms with Gasteiger partial charge in [-0.2, -0.15) is 0 Å². The molecule has 0 saturated heterocycles. The molecule has 3 rings (SSSR count). The molecule has 25 heavy (non-hydrogen) atoms. The summed E-state index contributed by atoms with van der Waals surface area (Å²) in [6, 6.07) is 17.6. The first-order valence-corrected chi connectivity index (χ1v) is 10.8. The van der Waals surface area contributed by atoms with Crippen molar-refractivity contribution in [3.05, 3.63) is 54.6 Å². The van der Waals surface area contributed by atoms with E-state index in [4.69, 9.17) is 0 Å². The van der Waals surface area contributed by atoms with Gasteiger partial charge in [-0.1, -0.05) is 57.0 Å². The number of unbranched alkanes of at least 4 members (excludes halogenated alkanes) is 1. The van der Waals surface area contributed by atoms with E-state index < -0.39 is 9.84 Å². The molecule has 1 aliphatic rings. The molecule has 2 aromatic carbocycles. The highest BCUT2D eigenvalue weighted by molar-refractivity contribution is 7.91. The topological polar surface area (TPSA) is 37.4 Å². The quantitative estimate of drug-likeness (QED) is 0.738. The number of hydrogen-bond acceptors (Lipinski definition) is 3. The first-order chi connectivity index (χ1) is 12.0. The van der Waals surface area contributed by atoms with Gasteiger partial charge in [-0.25, -0.2) is 8.42 Å². The highest BCUT2D eigenvalue weighted by atomic mass is 32.2. The molecule has 0 bridgehead atoms. The van der Waals surface area contributed by atoms with E-state index in [9.17, 15) is 8.42 Å². The van der Waals surface area contributed by atoms with E-state index in [0.717, 1.165) is 43.6 Å². The number of benzene rings is 2. The average molecular weight is 358 g/mol. The third-order valence-corrected chi connectivity index (χ3v) is 7.37. The van der Waals surface area contributed by atoms with E-state index in [0.29, 0.717) is 4.90 Å². The Balaban J connectivity index is 2.17. The van der Waals surface area contributed by atoms with Crippen LogP contribution in [0.5, 0.6) is 0 Å². The summed E-state index contributed by atoms with van der Waals surface area (Å²) in [5.41, 5.74) is 1.64. The van der Waals surface area contributed by atoms with Crippen LogP contribution in [0.2, 0.25) is 0 Å². The molecule has 0 fully saturated rings. The van der Waals surface area contributed by atoms with Crippen molar-refractivity contribution in [3.63, 3.8) is 0 Å². The zero-order valence-electron chi connectivity index (χ0n) is 15.1. The van der Waals surface area contributed by atoms with Crippen molar-refractivity contribution in [2.45, 2.75) is 44.4 Å². The molecule has 1 atom stereocenters. The lowest BCUT2D eigenvalue weighted by Gasteiger charge is -2.36. The summed E-state index contributed by atoms with van der Waals surface area (Å²) in [5, 5.41) is 0. The van der Waals surface area contributed by atoms with E-state index in [1.54, 1.807) is 6.07 Å². The van der Waals surface area contributed by atoms with Crippen molar-refractivity contribution in [1.29, 1.82) is 0 Å². The molecule has 0 amide bonds. The highest BCUT2D eigenvalue weighted by Gasteiger charge is 2.41. The number of rotatable bonds is 5. The minimum Gasteiger partial charge on any atom is -0.340 e. The molecule has 4 heteroatoms. The number of hydrogen-bond donors (Lipinski definition) is 0. The third-order valence-electron chi connectivity index (χ3n) is 5.36. The fourth-order valence-corrected chi connectivity index (χ4v) is 6.01. The molecule has 1 unspecified atom stereocenters. The fourth-order valence-electron chi connectivity index (χ4n) is 3.82. The Morgan fingerprint density at radius 3 is 2.36 bits per heavy atom. The van der Waals surface area contributed by atoms with Gasteiger partial charge in [0.2, 0.25) is 0 Å². The zero-order valence-corrected chi connectivity index (χ0v) is 15.9. The minimum atomic E-state index is -3.31. The molecule has 134 valence electrons. The molecular weight excluding hydrogens is 330 g/mol. The zero-order chi connectivity index (χ0) is 17.9. The lowest BCUT2D eigenvalue weighted by atomic mass is 9.81. The molecular formula is C21H27NO2S. The molecule has 0 aromatic heterocycles. The summed E-state index contributed by atoms with van der Waals surface area (Å²) in [6.07, 6.45) is 3.95. The molecule has 0 saturated carbocycles. The fraction of sp³-hybridized carbons (Fsp3) is 0.429. The number of fused-ring (bicyclic) bond motifs is 1. The second-order valence-electron chi connectivity index (χ2n) is 7.11. The summed E-state index contributed by atoms with van der Waals surface area (Å²) in [7, 11) is -3.31. The molecule has 3 nitrogen and oxygen atoms in total. The van der Waals surface area contributed by atoms with Gasteiger partial charge >= 0.3 is 0 Å². The van der Waals surface area contributed by atoms with E-state index in [1.807, 2.05) is 36.4 Å². The predicted octanol–water partition coefficient (Wildman–Crippen LogP) is 5.20. The van der Waals surface area contributed by atoms with E-state index >= 15 is 0 Å². The van der Waals surface area contributed by atoms with Gasteiger partial charge in [-0.05, 0) is 37.1 Å². The maximum Gasteiger partial charge on any atom is 0.181 e. The minimum absolute atomic E-state index is 0.219. The Labute approximate surface area is 151 Å². The van der Waals surface area contributed by atoms with Crippen molar-refractivity contribution >= 4 is 21.2 Å². The van der Waals surface area contributed by atoms with Crippen molar-refractivity contribution in [3.8, 4) is 0 Å². The van der Waals surface area contributed by atoms with E-state index in [-0.39, 0.29) is 11.2 Å². The van der Waals surface area contributed by atoms with Crippen LogP contribution in [-0.4, -0.2) is 20.7 Å². The van der Waals surface area contributed by atoms with Gasteiger partial charge in [-0.3, -0.25) is 0 Å². The summed E-state index contributed by atoms with van der Waals surface area (Å²) in [4.78, 5) is 2.67. The molecule has 0 spiro atoms. The van der Waals surface area contributed by atoms with Crippen LogP contribution < -0.4 is 4.90 Å². The number of anilines is 2. The Bertz CT molecular complexity index is 817. The van der Waals surface area contributed by atoms with Gasteiger partial charge in [0.15, 0.2) is 9.84 Å². The Morgan fingerprint density at radius 1 is 1.00 bits per heavy atom. The van der Waals surface area contributed by atoms with E-state index in [2.05, 4.69) is 30.9 Å². The van der Waals surface area contributed by atoms with Crippen LogP contribution in [-0.2, 0) is 9.84 Å². The Kier molecular flexibility index (Phi) is 5.19. The summed E-state index contributed by atoms with van der Waals surface area (Å²) in [5.74, 6) is 0.233. The standard InChI is InChI=1S/C21H27NO2S/c1-3-5-15-21(4-2)16-22(18-11-7-6-8-12-18)19-13-9-10-14-20(19)25(23,24)17-21/h6-14H,3-5,15-17H2,1-2H3. The molecule has 0 aliphatic carbocycles. The number of para-hydroxylation sites is 2. The van der Waals surface area contributed by atoms with Gasteiger partial charge in [-0.15, -0.1) is 0 Å². The van der Waals surface area contributed by atoms with Crippen molar-refractivity contribution < 1.29 is 8.42 Å². The van der Waals surface area contributed by atoms with Crippen LogP contribution in [0.25, 0.3) is 0 Å². The lowest BCUT2D eigenvalue weighted by molar-refractivity contribution is 0.290. The first-order valence-electron chi connectivity index (χ1n) is 9.16. The van der Waals surface area contributed by atoms with Gasteiger partial charge in [0.1, 0.15) is 0 Å². The smallest absolute Gasteiger partial charge is 0.181 e. The summed E-state index contributed by atoms with van der Waals surface area (Å²) >= 11 is 0. The Hall–Kier alpha value is -1.81. The van der Waals surface area contributed by atoms with Gasteiger partial charge in [0.05, 0.1) is 16.3 Å². The highest BCUT2D eigenvalue weighted by Crippen LogP contribution is 2.43. The summed E-state index contributed by atoms with van der Waals surface area (Å²) < 4.78 is 26.4. The third kappa shape index (κ3) is 3.59. The van der Waals surface area contributed by atoms with Gasteiger partial charge < -0.3 is 4.90 Å². The normalized spacial score (nSPS) is 22.2. The van der Waals surface area contributed by atoms with Crippen LogP contribution in [0.3, 0.4) is 0 Å². The second-order valence-corrected chi connectivity index (χ2v) is 9.06. The summed E-state index contributed by atoms with van der Waals surface area (Å²) in [6.45, 7) is 5.03. The molecule has 0 radical (unpaired) electrons. The van der Waals surface area contributed by atoms with Crippen LogP contribution >= 0.6 is 0 Å². The lowest BCUT2D eigenvalue weighted by Crippen LogP contribution is -2.37. The van der Waals surface area contributed by atoms with E-state index in [1.165, 1.54) is 0 Å². The largest absolute Gasteiger partial charge is 0.340 e. The van der Waals surface area contributed by atoms with Crippen LogP contribution in [0.4, 0.5) is 11.4 Å². The molecule has 0 N–H and O–H groups in total. The van der Waals surface area contributed by atoms with Crippen molar-refractivity contribution in [1.82, 2.24) is 0 Å². The van der Waals surface area contributed by atoms with Gasteiger partial charge in [0, 0.05) is 17.6 Å².